The van der Waals surface area contributed by atoms with Crippen LogP contribution in [0.4, 0.5) is 8.78 Å². The van der Waals surface area contributed by atoms with E-state index in [1.54, 1.807) is 11.0 Å². The number of hydrogen-bond acceptors (Lipinski definition) is 4. The van der Waals surface area contributed by atoms with Crippen molar-refractivity contribution in [3.8, 4) is 5.88 Å². The molecule has 2 aromatic rings. The van der Waals surface area contributed by atoms with Crippen LogP contribution >= 0.6 is 23.2 Å². The largest absolute Gasteiger partial charge is 0.470 e. The van der Waals surface area contributed by atoms with Gasteiger partial charge >= 0.3 is 5.92 Å². The normalized spacial score (nSPS) is 13.7. The van der Waals surface area contributed by atoms with Gasteiger partial charge in [0.15, 0.2) is 6.61 Å². The number of rotatable bonds is 6. The summed E-state index contributed by atoms with van der Waals surface area (Å²) in [4.78, 5) is 22.0. The summed E-state index contributed by atoms with van der Waals surface area (Å²) in [5.41, 5.74) is 1.50. The quantitative estimate of drug-likeness (QED) is 0.515. The summed E-state index contributed by atoms with van der Waals surface area (Å²) in [5, 5.41) is 0.371. The van der Waals surface area contributed by atoms with Gasteiger partial charge in [-0.2, -0.15) is 8.78 Å². The molecule has 0 saturated carbocycles. The number of hydrogen-bond donors (Lipinski definition) is 0. The molecule has 0 atom stereocenters. The summed E-state index contributed by atoms with van der Waals surface area (Å²) in [6, 6.07) is 3.15. The van der Waals surface area contributed by atoms with E-state index in [1.807, 2.05) is 0 Å². The highest BCUT2D eigenvalue weighted by Crippen LogP contribution is 2.30. The summed E-state index contributed by atoms with van der Waals surface area (Å²) < 4.78 is 32.1. The van der Waals surface area contributed by atoms with Crippen LogP contribution in [0.2, 0.25) is 10.2 Å². The van der Waals surface area contributed by atoms with Crippen LogP contribution in [0.15, 0.2) is 36.7 Å². The van der Waals surface area contributed by atoms with Gasteiger partial charge in [0.2, 0.25) is 5.88 Å². The third-order valence-corrected chi connectivity index (χ3v) is 4.72. The summed E-state index contributed by atoms with van der Waals surface area (Å²) in [5.74, 6) is -3.46. The number of nitrogens with zero attached hydrogens (tertiary/aromatic N) is 3. The molecule has 142 valence electrons. The molecule has 0 radical (unpaired) electrons. The van der Waals surface area contributed by atoms with E-state index in [9.17, 15) is 13.6 Å². The molecule has 2 aromatic heterocycles. The monoisotopic (exact) mass is 413 g/mol. The zero-order valence-electron chi connectivity index (χ0n) is 14.3. The van der Waals surface area contributed by atoms with Gasteiger partial charge in [-0.3, -0.25) is 4.79 Å². The lowest BCUT2D eigenvalue weighted by Gasteiger charge is -2.18. The minimum atomic E-state index is -3.18. The first-order valence-electron chi connectivity index (χ1n) is 7.92. The Hall–Kier alpha value is -2.25. The molecular formula is C18H15Cl2F2N3O2. The lowest BCUT2D eigenvalue weighted by atomic mass is 10.2. The Bertz CT molecular complexity index is 921. The van der Waals surface area contributed by atoms with Crippen molar-refractivity contribution in [1.82, 2.24) is 14.9 Å². The van der Waals surface area contributed by atoms with E-state index >= 15 is 0 Å². The van der Waals surface area contributed by atoms with Crippen LogP contribution in [0, 0.1) is 0 Å². The van der Waals surface area contributed by atoms with E-state index in [-0.39, 0.29) is 28.9 Å². The number of alkyl halides is 2. The fourth-order valence-electron chi connectivity index (χ4n) is 2.54. The Morgan fingerprint density at radius 1 is 1.41 bits per heavy atom. The number of pyridine rings is 2. The fourth-order valence-corrected chi connectivity index (χ4v) is 3.00. The van der Waals surface area contributed by atoms with Crippen molar-refractivity contribution in [1.29, 1.82) is 0 Å². The highest BCUT2D eigenvalue weighted by atomic mass is 35.5. The molecular weight excluding hydrogens is 399 g/mol. The third-order valence-electron chi connectivity index (χ3n) is 4.12. The maximum atomic E-state index is 13.6. The van der Waals surface area contributed by atoms with Crippen molar-refractivity contribution in [2.24, 2.45) is 0 Å². The van der Waals surface area contributed by atoms with Gasteiger partial charge in [0.25, 0.3) is 5.91 Å². The van der Waals surface area contributed by atoms with Gasteiger partial charge in [0, 0.05) is 30.1 Å². The predicted octanol–water partition coefficient (Wildman–Crippen LogP) is 4.53. The number of amides is 1. The maximum absolute atomic E-state index is 13.6. The highest BCUT2D eigenvalue weighted by molar-refractivity contribution is 6.32. The van der Waals surface area contributed by atoms with Crippen molar-refractivity contribution in [2.45, 2.75) is 25.9 Å². The molecule has 0 aliphatic carbocycles. The molecule has 1 aliphatic heterocycles. The van der Waals surface area contributed by atoms with Crippen LogP contribution in [-0.4, -0.2) is 33.3 Å². The highest BCUT2D eigenvalue weighted by Gasteiger charge is 2.32. The first kappa shape index (κ1) is 19.5. The summed E-state index contributed by atoms with van der Waals surface area (Å²) in [6.07, 6.45) is 2.91. The Kier molecular flexibility index (Phi) is 5.35. The molecule has 3 rings (SSSR count). The molecule has 0 bridgehead atoms. The zero-order chi connectivity index (χ0) is 19.8. The molecule has 1 amide bonds. The van der Waals surface area contributed by atoms with Gasteiger partial charge in [0.1, 0.15) is 10.2 Å². The summed E-state index contributed by atoms with van der Waals surface area (Å²) in [7, 11) is 0. The second-order valence-corrected chi connectivity index (χ2v) is 6.96. The van der Waals surface area contributed by atoms with Crippen LogP contribution in [-0.2, 0) is 13.1 Å². The summed E-state index contributed by atoms with van der Waals surface area (Å²) >= 11 is 12.1. The van der Waals surface area contributed by atoms with Crippen molar-refractivity contribution < 1.29 is 18.3 Å². The van der Waals surface area contributed by atoms with Gasteiger partial charge < -0.3 is 9.64 Å². The molecule has 0 spiro atoms. The molecule has 3 heterocycles. The SMILES string of the molecule is C=C(C)C(F)(F)COc1ncc(CN2Cc3c(ccnc3Cl)C2=O)cc1Cl. The number of halogens is 4. The summed E-state index contributed by atoms with van der Waals surface area (Å²) in [6.45, 7) is 4.10. The van der Waals surface area contributed by atoms with Crippen LogP contribution in [0.25, 0.3) is 0 Å². The van der Waals surface area contributed by atoms with Crippen LogP contribution in [0.5, 0.6) is 5.88 Å². The molecule has 27 heavy (non-hydrogen) atoms. The smallest absolute Gasteiger partial charge is 0.302 e. The van der Waals surface area contributed by atoms with E-state index < -0.39 is 12.5 Å². The minimum Gasteiger partial charge on any atom is -0.470 e. The second-order valence-electron chi connectivity index (χ2n) is 6.19. The van der Waals surface area contributed by atoms with Gasteiger partial charge in [0.05, 0.1) is 6.54 Å². The van der Waals surface area contributed by atoms with Crippen LogP contribution in [0.3, 0.4) is 0 Å². The molecule has 0 aromatic carbocycles. The lowest BCUT2D eigenvalue weighted by molar-refractivity contribution is -0.00692. The molecule has 1 aliphatic rings. The van der Waals surface area contributed by atoms with E-state index in [4.69, 9.17) is 27.9 Å². The molecule has 5 nitrogen and oxygen atoms in total. The maximum Gasteiger partial charge on any atom is 0.302 e. The number of carbonyl (C=O) groups excluding carboxylic acids is 1. The number of ether oxygens (including phenoxy) is 1. The van der Waals surface area contributed by atoms with Crippen molar-refractivity contribution in [3.05, 3.63) is 63.5 Å². The third kappa shape index (κ3) is 4.04. The fraction of sp³-hybridized carbons (Fsp3) is 0.278. The predicted molar refractivity (Wildman–Crippen MR) is 97.3 cm³/mol. The number of aromatic nitrogens is 2. The van der Waals surface area contributed by atoms with Crippen LogP contribution in [0.1, 0.15) is 28.4 Å². The van der Waals surface area contributed by atoms with E-state index in [0.717, 1.165) is 0 Å². The standard InChI is InChI=1S/C18H15Cl2F2N3O2/c1-10(2)18(21,22)9-27-16-14(19)5-11(6-24-16)7-25-8-13-12(17(25)26)3-4-23-15(13)20/h3-6H,1,7-9H2,2H3. The average Bonchev–Trinajstić information content (AvgIpc) is 2.92. The van der Waals surface area contributed by atoms with Crippen molar-refractivity contribution >= 4 is 29.1 Å². The van der Waals surface area contributed by atoms with Crippen molar-refractivity contribution in [3.63, 3.8) is 0 Å². The number of fused-ring (bicyclic) bond motifs is 1. The Labute approximate surface area is 164 Å². The molecule has 0 N–H and O–H groups in total. The first-order valence-corrected chi connectivity index (χ1v) is 8.68. The number of carbonyl (C=O) groups is 1. The molecule has 0 fully saturated rings. The van der Waals surface area contributed by atoms with Gasteiger partial charge in [-0.25, -0.2) is 9.97 Å². The van der Waals surface area contributed by atoms with E-state index in [2.05, 4.69) is 16.5 Å². The van der Waals surface area contributed by atoms with Crippen molar-refractivity contribution in [2.75, 3.05) is 6.61 Å². The first-order chi connectivity index (χ1) is 12.7. The topological polar surface area (TPSA) is 55.3 Å². The lowest BCUT2D eigenvalue weighted by Crippen LogP contribution is -2.27. The molecule has 0 saturated heterocycles. The van der Waals surface area contributed by atoms with Gasteiger partial charge in [-0.1, -0.05) is 29.8 Å². The Morgan fingerprint density at radius 2 is 2.15 bits per heavy atom. The second kappa shape index (κ2) is 7.40. The minimum absolute atomic E-state index is 0.0777. The molecule has 9 heteroatoms. The van der Waals surface area contributed by atoms with E-state index in [0.29, 0.717) is 28.4 Å². The van der Waals surface area contributed by atoms with Gasteiger partial charge in [-0.15, -0.1) is 0 Å². The molecule has 0 unspecified atom stereocenters. The van der Waals surface area contributed by atoms with E-state index in [1.165, 1.54) is 25.4 Å². The average molecular weight is 414 g/mol. The zero-order valence-corrected chi connectivity index (χ0v) is 15.8. The Balaban J connectivity index is 1.69. The van der Waals surface area contributed by atoms with Gasteiger partial charge in [-0.05, 0) is 30.2 Å². The Morgan fingerprint density at radius 3 is 2.78 bits per heavy atom. The van der Waals surface area contributed by atoms with Crippen LogP contribution < -0.4 is 4.74 Å².